The number of hydrogen-bond donors (Lipinski definition) is 0. The van der Waals surface area contributed by atoms with Gasteiger partial charge in [-0.15, -0.1) is 0 Å². The standard InChI is InChI=1S/C28H36N2O3/c1-29(28(31)22-9-12-26(13-10-22)33-20-27-5-4-16-32-27)25-11-8-23-17-21(6-7-24(23)18-25)19-30-14-2-3-15-30/h6-7,9-10,12-13,17,25,27H,2-5,8,11,14-16,18-20H2,1H3/t25?,27-/m0/s1. The van der Waals surface area contributed by atoms with E-state index in [9.17, 15) is 4.79 Å². The number of carbonyl (C=O) groups excluding carboxylic acids is 1. The molecule has 5 heteroatoms. The third-order valence-corrected chi connectivity index (χ3v) is 7.51. The highest BCUT2D eigenvalue weighted by Gasteiger charge is 2.26. The molecule has 176 valence electrons. The predicted molar refractivity (Wildman–Crippen MR) is 130 cm³/mol. The third-order valence-electron chi connectivity index (χ3n) is 7.51. The first kappa shape index (κ1) is 22.4. The first-order chi connectivity index (χ1) is 16.2. The van der Waals surface area contributed by atoms with Crippen LogP contribution in [0.2, 0.25) is 0 Å². The summed E-state index contributed by atoms with van der Waals surface area (Å²) < 4.78 is 11.4. The van der Waals surface area contributed by atoms with Crippen LogP contribution in [-0.2, 0) is 24.1 Å². The van der Waals surface area contributed by atoms with E-state index in [2.05, 4.69) is 23.1 Å². The molecule has 0 spiro atoms. The number of likely N-dealkylation sites (tertiary alicyclic amines) is 1. The van der Waals surface area contributed by atoms with Crippen LogP contribution < -0.4 is 4.74 Å². The molecule has 2 aromatic carbocycles. The fourth-order valence-corrected chi connectivity index (χ4v) is 5.45. The Morgan fingerprint density at radius 2 is 1.88 bits per heavy atom. The Hall–Kier alpha value is -2.37. The second-order valence-corrected chi connectivity index (χ2v) is 9.87. The van der Waals surface area contributed by atoms with E-state index in [1.54, 1.807) is 0 Å². The quantitative estimate of drug-likeness (QED) is 0.627. The van der Waals surface area contributed by atoms with Crippen molar-refractivity contribution in [2.45, 2.75) is 63.6 Å². The van der Waals surface area contributed by atoms with Crippen LogP contribution in [0.5, 0.6) is 5.75 Å². The number of likely N-dealkylation sites (N-methyl/N-ethyl adjacent to an activating group) is 1. The molecule has 5 nitrogen and oxygen atoms in total. The first-order valence-corrected chi connectivity index (χ1v) is 12.6. The largest absolute Gasteiger partial charge is 0.491 e. The van der Waals surface area contributed by atoms with Gasteiger partial charge in [0.25, 0.3) is 5.91 Å². The van der Waals surface area contributed by atoms with Crippen molar-refractivity contribution in [3.63, 3.8) is 0 Å². The minimum Gasteiger partial charge on any atom is -0.491 e. The summed E-state index contributed by atoms with van der Waals surface area (Å²) in [6, 6.07) is 14.8. The van der Waals surface area contributed by atoms with Gasteiger partial charge >= 0.3 is 0 Å². The zero-order valence-corrected chi connectivity index (χ0v) is 19.8. The maximum atomic E-state index is 13.1. The first-order valence-electron chi connectivity index (χ1n) is 12.6. The fraction of sp³-hybridized carbons (Fsp3) is 0.536. The Balaban J connectivity index is 1.16. The van der Waals surface area contributed by atoms with Crippen LogP contribution in [0.15, 0.2) is 42.5 Å². The van der Waals surface area contributed by atoms with E-state index in [1.807, 2.05) is 36.2 Å². The molecule has 0 bridgehead atoms. The van der Waals surface area contributed by atoms with Crippen LogP contribution in [0.25, 0.3) is 0 Å². The summed E-state index contributed by atoms with van der Waals surface area (Å²) in [6.45, 7) is 4.94. The SMILES string of the molecule is CN(C(=O)c1ccc(OC[C@@H]2CCCO2)cc1)C1CCc2cc(CN3CCCC3)ccc2C1. The van der Waals surface area contributed by atoms with Gasteiger partial charge in [0.05, 0.1) is 6.10 Å². The lowest BCUT2D eigenvalue weighted by molar-refractivity contribution is 0.0677. The second kappa shape index (κ2) is 10.3. The summed E-state index contributed by atoms with van der Waals surface area (Å²) >= 11 is 0. The van der Waals surface area contributed by atoms with Gasteiger partial charge in [-0.1, -0.05) is 18.2 Å². The molecule has 3 aliphatic rings. The summed E-state index contributed by atoms with van der Waals surface area (Å²) in [5.41, 5.74) is 5.01. The Morgan fingerprint density at radius 1 is 1.06 bits per heavy atom. The molecule has 2 aromatic rings. The van der Waals surface area contributed by atoms with Crippen LogP contribution in [-0.4, -0.2) is 61.2 Å². The van der Waals surface area contributed by atoms with E-state index in [0.29, 0.717) is 12.2 Å². The highest BCUT2D eigenvalue weighted by Crippen LogP contribution is 2.27. The van der Waals surface area contributed by atoms with E-state index in [0.717, 1.165) is 51.0 Å². The van der Waals surface area contributed by atoms with Gasteiger partial charge in [0.15, 0.2) is 0 Å². The molecule has 2 aliphatic heterocycles. The molecule has 2 fully saturated rings. The lowest BCUT2D eigenvalue weighted by atomic mass is 9.86. The fourth-order valence-electron chi connectivity index (χ4n) is 5.45. The number of benzene rings is 2. The van der Waals surface area contributed by atoms with Gasteiger partial charge in [-0.05, 0) is 99.0 Å². The zero-order valence-electron chi connectivity index (χ0n) is 19.8. The molecule has 0 aromatic heterocycles. The number of aryl methyl sites for hydroxylation is 1. The number of hydrogen-bond acceptors (Lipinski definition) is 4. The van der Waals surface area contributed by atoms with Crippen molar-refractivity contribution in [3.05, 3.63) is 64.7 Å². The minimum atomic E-state index is 0.0831. The van der Waals surface area contributed by atoms with E-state index < -0.39 is 0 Å². The van der Waals surface area contributed by atoms with Crippen molar-refractivity contribution in [1.29, 1.82) is 0 Å². The van der Waals surface area contributed by atoms with E-state index in [1.165, 1.54) is 42.6 Å². The molecule has 1 unspecified atom stereocenters. The van der Waals surface area contributed by atoms with Crippen LogP contribution in [0, 0.1) is 0 Å². The monoisotopic (exact) mass is 448 g/mol. The minimum absolute atomic E-state index is 0.0831. The van der Waals surface area contributed by atoms with Gasteiger partial charge in [-0.25, -0.2) is 0 Å². The Bertz CT molecular complexity index is 946. The highest BCUT2D eigenvalue weighted by atomic mass is 16.5. The average molecular weight is 449 g/mol. The Labute approximate surface area is 197 Å². The summed E-state index contributed by atoms with van der Waals surface area (Å²) in [7, 11) is 1.95. The lowest BCUT2D eigenvalue weighted by Gasteiger charge is -2.33. The highest BCUT2D eigenvalue weighted by molar-refractivity contribution is 5.94. The number of rotatable bonds is 7. The van der Waals surface area contributed by atoms with Crippen molar-refractivity contribution in [1.82, 2.24) is 9.80 Å². The topological polar surface area (TPSA) is 42.0 Å². The Kier molecular flexibility index (Phi) is 6.98. The molecule has 0 N–H and O–H groups in total. The van der Waals surface area contributed by atoms with Crippen LogP contribution in [0.3, 0.4) is 0 Å². The van der Waals surface area contributed by atoms with Gasteiger partial charge in [-0.3, -0.25) is 9.69 Å². The normalized spacial score (nSPS) is 22.8. The van der Waals surface area contributed by atoms with Crippen LogP contribution >= 0.6 is 0 Å². The van der Waals surface area contributed by atoms with Crippen molar-refractivity contribution < 1.29 is 14.3 Å². The molecule has 2 saturated heterocycles. The third kappa shape index (κ3) is 5.42. The molecule has 2 atom stereocenters. The van der Waals surface area contributed by atoms with E-state index in [-0.39, 0.29) is 18.1 Å². The summed E-state index contributed by atoms with van der Waals surface area (Å²) in [5.74, 6) is 0.876. The maximum Gasteiger partial charge on any atom is 0.253 e. The molecule has 33 heavy (non-hydrogen) atoms. The van der Waals surface area contributed by atoms with Gasteiger partial charge < -0.3 is 14.4 Å². The second-order valence-electron chi connectivity index (χ2n) is 9.87. The maximum absolute atomic E-state index is 13.1. The number of fused-ring (bicyclic) bond motifs is 1. The summed E-state index contributed by atoms with van der Waals surface area (Å²) in [4.78, 5) is 17.6. The molecule has 1 amide bonds. The van der Waals surface area contributed by atoms with Gasteiger partial charge in [0.1, 0.15) is 12.4 Å². The molecule has 0 radical (unpaired) electrons. The van der Waals surface area contributed by atoms with Crippen molar-refractivity contribution >= 4 is 5.91 Å². The molecule has 2 heterocycles. The predicted octanol–water partition coefficient (Wildman–Crippen LogP) is 4.47. The van der Waals surface area contributed by atoms with Crippen molar-refractivity contribution in [3.8, 4) is 5.75 Å². The van der Waals surface area contributed by atoms with Crippen LogP contribution in [0.4, 0.5) is 0 Å². The molecule has 5 rings (SSSR count). The molecule has 1 aliphatic carbocycles. The number of ether oxygens (including phenoxy) is 2. The molecular formula is C28H36N2O3. The number of nitrogens with zero attached hydrogens (tertiary/aromatic N) is 2. The molecular weight excluding hydrogens is 412 g/mol. The van der Waals surface area contributed by atoms with E-state index in [4.69, 9.17) is 9.47 Å². The Morgan fingerprint density at radius 3 is 2.64 bits per heavy atom. The number of amides is 1. The molecule has 0 saturated carbocycles. The van der Waals surface area contributed by atoms with Gasteiger partial charge in [0, 0.05) is 31.8 Å². The summed E-state index contributed by atoms with van der Waals surface area (Å²) in [5, 5.41) is 0. The average Bonchev–Trinajstić information content (AvgIpc) is 3.56. The lowest BCUT2D eigenvalue weighted by Crippen LogP contribution is -2.40. The number of carbonyl (C=O) groups is 1. The van der Waals surface area contributed by atoms with E-state index >= 15 is 0 Å². The summed E-state index contributed by atoms with van der Waals surface area (Å²) in [6.07, 6.45) is 8.03. The van der Waals surface area contributed by atoms with Gasteiger partial charge in [-0.2, -0.15) is 0 Å². The zero-order chi connectivity index (χ0) is 22.6. The van der Waals surface area contributed by atoms with Crippen molar-refractivity contribution in [2.24, 2.45) is 0 Å². The smallest absolute Gasteiger partial charge is 0.253 e. The van der Waals surface area contributed by atoms with Crippen LogP contribution in [0.1, 0.15) is 59.2 Å². The van der Waals surface area contributed by atoms with Gasteiger partial charge in [0.2, 0.25) is 0 Å². The van der Waals surface area contributed by atoms with Crippen molar-refractivity contribution in [2.75, 3.05) is 33.4 Å².